The highest BCUT2D eigenvalue weighted by atomic mass is 32.1. The molecule has 1 fully saturated rings. The number of hydrogen-bond donors (Lipinski definition) is 1. The maximum absolute atomic E-state index is 13.0. The smallest absolute Gasteiger partial charge is 0.316 e. The molecule has 0 radical (unpaired) electrons. The molecule has 1 saturated carbocycles. The number of tetrazole rings is 1. The Morgan fingerprint density at radius 2 is 2.11 bits per heavy atom. The second-order valence-corrected chi connectivity index (χ2v) is 8.31. The summed E-state index contributed by atoms with van der Waals surface area (Å²) in [5.74, 6) is 0.543. The molecule has 8 heteroatoms. The highest BCUT2D eigenvalue weighted by Gasteiger charge is 2.33. The van der Waals surface area contributed by atoms with Crippen LogP contribution in [0.25, 0.3) is 11.4 Å². The van der Waals surface area contributed by atoms with Crippen LogP contribution in [-0.2, 0) is 13.6 Å². The van der Waals surface area contributed by atoms with E-state index in [0.717, 1.165) is 29.7 Å². The maximum atomic E-state index is 13.0. The third kappa shape index (κ3) is 4.00. The first-order valence-electron chi connectivity index (χ1n) is 8.97. The lowest BCUT2D eigenvalue weighted by molar-refractivity contribution is 0.206. The Hall–Kier alpha value is -2.74. The number of aryl methyl sites for hydroxylation is 3. The summed E-state index contributed by atoms with van der Waals surface area (Å²) in [6.45, 7) is 4.72. The number of nitrogens with zero attached hydrogens (tertiary/aromatic N) is 5. The van der Waals surface area contributed by atoms with Crippen molar-refractivity contribution in [1.82, 2.24) is 25.1 Å². The van der Waals surface area contributed by atoms with Gasteiger partial charge >= 0.3 is 6.03 Å². The van der Waals surface area contributed by atoms with Crippen LogP contribution in [0.1, 0.15) is 28.2 Å². The van der Waals surface area contributed by atoms with E-state index in [2.05, 4.69) is 39.8 Å². The van der Waals surface area contributed by atoms with Gasteiger partial charge < -0.3 is 10.2 Å². The van der Waals surface area contributed by atoms with Gasteiger partial charge in [0.05, 0.1) is 13.6 Å². The molecule has 1 N–H and O–H groups in total. The molecule has 1 aliphatic carbocycles. The van der Waals surface area contributed by atoms with E-state index < -0.39 is 0 Å². The molecule has 0 bridgehead atoms. The zero-order chi connectivity index (χ0) is 19.0. The van der Waals surface area contributed by atoms with E-state index in [9.17, 15) is 4.79 Å². The zero-order valence-corrected chi connectivity index (χ0v) is 16.5. The van der Waals surface area contributed by atoms with Crippen LogP contribution in [0.5, 0.6) is 0 Å². The molecule has 4 rings (SSSR count). The Labute approximate surface area is 162 Å². The van der Waals surface area contributed by atoms with Crippen molar-refractivity contribution >= 4 is 23.1 Å². The van der Waals surface area contributed by atoms with Gasteiger partial charge in [0.15, 0.2) is 0 Å². The van der Waals surface area contributed by atoms with Crippen LogP contribution in [0.3, 0.4) is 0 Å². The van der Waals surface area contributed by atoms with Crippen LogP contribution in [-0.4, -0.2) is 37.2 Å². The summed E-state index contributed by atoms with van der Waals surface area (Å²) < 4.78 is 0. The quantitative estimate of drug-likeness (QED) is 0.729. The number of rotatable bonds is 5. The standard InChI is InChI=1S/C19H22N6OS/c1-12-4-6-14(18-21-23-24(3)22-18)10-17(12)20-19(26)25(15-7-8-15)11-16-9-5-13(2)27-16/h4-6,9-10,15H,7-8,11H2,1-3H3,(H,20,26). The molecule has 2 aromatic heterocycles. The lowest BCUT2D eigenvalue weighted by Crippen LogP contribution is -2.36. The fourth-order valence-electron chi connectivity index (χ4n) is 2.97. The maximum Gasteiger partial charge on any atom is 0.322 e. The minimum Gasteiger partial charge on any atom is -0.316 e. The Morgan fingerprint density at radius 3 is 2.74 bits per heavy atom. The minimum atomic E-state index is -0.0593. The average Bonchev–Trinajstić information content (AvgIpc) is 3.25. The van der Waals surface area contributed by atoms with Gasteiger partial charge in [-0.25, -0.2) is 4.79 Å². The van der Waals surface area contributed by atoms with Crippen LogP contribution in [0.4, 0.5) is 10.5 Å². The number of nitrogens with one attached hydrogen (secondary N) is 1. The molecule has 140 valence electrons. The van der Waals surface area contributed by atoms with Gasteiger partial charge in [-0.15, -0.1) is 21.5 Å². The van der Waals surface area contributed by atoms with E-state index in [1.807, 2.05) is 30.0 Å². The first kappa shape index (κ1) is 17.7. The molecular formula is C19H22N6OS. The van der Waals surface area contributed by atoms with E-state index in [1.165, 1.54) is 14.6 Å². The first-order chi connectivity index (χ1) is 13.0. The Balaban J connectivity index is 1.53. The number of benzene rings is 1. The third-order valence-electron chi connectivity index (χ3n) is 4.62. The summed E-state index contributed by atoms with van der Waals surface area (Å²) in [6, 6.07) is 10.3. The third-order valence-corrected chi connectivity index (χ3v) is 5.60. The summed E-state index contributed by atoms with van der Waals surface area (Å²) in [5.41, 5.74) is 2.60. The normalized spacial score (nSPS) is 13.6. The van der Waals surface area contributed by atoms with Crippen molar-refractivity contribution in [1.29, 1.82) is 0 Å². The number of thiophene rings is 1. The average molecular weight is 382 g/mol. The summed E-state index contributed by atoms with van der Waals surface area (Å²) in [4.78, 5) is 18.8. The van der Waals surface area contributed by atoms with Crippen LogP contribution < -0.4 is 5.32 Å². The number of urea groups is 1. The van der Waals surface area contributed by atoms with Gasteiger partial charge in [-0.1, -0.05) is 12.1 Å². The number of amides is 2. The molecule has 0 unspecified atom stereocenters. The van der Waals surface area contributed by atoms with Gasteiger partial charge in [-0.3, -0.25) is 0 Å². The van der Waals surface area contributed by atoms with Crippen molar-refractivity contribution in [2.24, 2.45) is 7.05 Å². The van der Waals surface area contributed by atoms with Gasteiger partial charge in [0.1, 0.15) is 0 Å². The van der Waals surface area contributed by atoms with Gasteiger partial charge in [0.2, 0.25) is 5.82 Å². The monoisotopic (exact) mass is 382 g/mol. The highest BCUT2D eigenvalue weighted by molar-refractivity contribution is 7.11. The van der Waals surface area contributed by atoms with E-state index in [4.69, 9.17) is 0 Å². The molecule has 0 aliphatic heterocycles. The number of anilines is 1. The van der Waals surface area contributed by atoms with E-state index in [0.29, 0.717) is 18.4 Å². The van der Waals surface area contributed by atoms with E-state index >= 15 is 0 Å². The molecule has 2 heterocycles. The molecular weight excluding hydrogens is 360 g/mol. The topological polar surface area (TPSA) is 75.9 Å². The largest absolute Gasteiger partial charge is 0.322 e. The Morgan fingerprint density at radius 1 is 1.30 bits per heavy atom. The first-order valence-corrected chi connectivity index (χ1v) is 9.79. The van der Waals surface area contributed by atoms with Crippen molar-refractivity contribution in [2.75, 3.05) is 5.32 Å². The van der Waals surface area contributed by atoms with Crippen molar-refractivity contribution in [3.05, 3.63) is 45.6 Å². The van der Waals surface area contributed by atoms with Gasteiger partial charge in [0.25, 0.3) is 0 Å². The molecule has 0 atom stereocenters. The van der Waals surface area contributed by atoms with Gasteiger partial charge in [-0.05, 0) is 55.7 Å². The SMILES string of the molecule is Cc1ccc(CN(C(=O)Nc2cc(-c3nnn(C)n3)ccc2C)C2CC2)s1. The van der Waals surface area contributed by atoms with E-state index in [1.54, 1.807) is 18.4 Å². The molecule has 1 aliphatic rings. The van der Waals surface area contributed by atoms with E-state index in [-0.39, 0.29) is 6.03 Å². The Kier molecular flexibility index (Phi) is 4.65. The minimum absolute atomic E-state index is 0.0593. The van der Waals surface area contributed by atoms with Crippen molar-refractivity contribution in [3.63, 3.8) is 0 Å². The molecule has 1 aromatic carbocycles. The Bertz CT molecular complexity index is 974. The van der Waals surface area contributed by atoms with Crippen LogP contribution in [0.15, 0.2) is 30.3 Å². The number of carbonyl (C=O) groups is 1. The molecule has 3 aromatic rings. The summed E-state index contributed by atoms with van der Waals surface area (Å²) in [6.07, 6.45) is 2.14. The molecule has 2 amide bonds. The second kappa shape index (κ2) is 7.11. The summed E-state index contributed by atoms with van der Waals surface area (Å²) >= 11 is 1.74. The predicted octanol–water partition coefficient (Wildman–Crippen LogP) is 3.75. The number of carbonyl (C=O) groups excluding carboxylic acids is 1. The molecule has 7 nitrogen and oxygen atoms in total. The van der Waals surface area contributed by atoms with Crippen LogP contribution >= 0.6 is 11.3 Å². The van der Waals surface area contributed by atoms with Crippen LogP contribution in [0.2, 0.25) is 0 Å². The fourth-order valence-corrected chi connectivity index (χ4v) is 3.86. The lowest BCUT2D eigenvalue weighted by atomic mass is 10.1. The van der Waals surface area contributed by atoms with Gasteiger partial charge in [-0.2, -0.15) is 4.80 Å². The summed E-state index contributed by atoms with van der Waals surface area (Å²) in [7, 11) is 1.73. The van der Waals surface area contributed by atoms with Crippen molar-refractivity contribution in [2.45, 2.75) is 39.3 Å². The lowest BCUT2D eigenvalue weighted by Gasteiger charge is -2.23. The van der Waals surface area contributed by atoms with Crippen molar-refractivity contribution < 1.29 is 4.79 Å². The second-order valence-electron chi connectivity index (χ2n) is 6.93. The molecule has 0 spiro atoms. The fraction of sp³-hybridized carbons (Fsp3) is 0.368. The summed E-state index contributed by atoms with van der Waals surface area (Å²) in [5, 5.41) is 15.2. The van der Waals surface area contributed by atoms with Crippen LogP contribution in [0, 0.1) is 13.8 Å². The zero-order valence-electron chi connectivity index (χ0n) is 15.6. The number of aromatic nitrogens is 4. The molecule has 0 saturated heterocycles. The van der Waals surface area contributed by atoms with Crippen molar-refractivity contribution in [3.8, 4) is 11.4 Å². The highest BCUT2D eigenvalue weighted by Crippen LogP contribution is 2.31. The number of hydrogen-bond acceptors (Lipinski definition) is 5. The van der Waals surface area contributed by atoms with Gasteiger partial charge in [0, 0.05) is 27.0 Å². The predicted molar refractivity (Wildman–Crippen MR) is 106 cm³/mol. The molecule has 27 heavy (non-hydrogen) atoms.